The summed E-state index contributed by atoms with van der Waals surface area (Å²) in [5, 5.41) is 3.50. The van der Waals surface area contributed by atoms with Crippen molar-refractivity contribution in [2.45, 2.75) is 32.3 Å². The molecule has 1 aliphatic heterocycles. The van der Waals surface area contributed by atoms with Crippen LogP contribution in [0.4, 0.5) is 0 Å². The van der Waals surface area contributed by atoms with Crippen molar-refractivity contribution >= 4 is 11.8 Å². The average Bonchev–Trinajstić information content (AvgIpc) is 2.20. The average molecular weight is 217 g/mol. The van der Waals surface area contributed by atoms with E-state index in [9.17, 15) is 0 Å². The van der Waals surface area contributed by atoms with Gasteiger partial charge in [-0.15, -0.1) is 0 Å². The van der Waals surface area contributed by atoms with Crippen LogP contribution in [-0.2, 0) is 4.74 Å². The summed E-state index contributed by atoms with van der Waals surface area (Å²) in [6.07, 6.45) is 6.47. The van der Waals surface area contributed by atoms with Crippen molar-refractivity contribution in [1.82, 2.24) is 5.32 Å². The molecule has 0 amide bonds. The van der Waals surface area contributed by atoms with Crippen LogP contribution in [0.3, 0.4) is 0 Å². The summed E-state index contributed by atoms with van der Waals surface area (Å²) in [5.74, 6) is 2.02. The van der Waals surface area contributed by atoms with Crippen LogP contribution >= 0.6 is 11.8 Å². The molecule has 0 aromatic carbocycles. The van der Waals surface area contributed by atoms with Gasteiger partial charge in [0.2, 0.25) is 0 Å². The molecule has 1 saturated heterocycles. The van der Waals surface area contributed by atoms with Crippen molar-refractivity contribution in [2.24, 2.45) is 5.92 Å². The zero-order valence-electron chi connectivity index (χ0n) is 9.42. The molecule has 0 radical (unpaired) electrons. The number of thioether (sulfide) groups is 1. The second-order valence-electron chi connectivity index (χ2n) is 4.21. The van der Waals surface area contributed by atoms with Crippen molar-refractivity contribution in [1.29, 1.82) is 0 Å². The molecule has 1 heterocycles. The van der Waals surface area contributed by atoms with Gasteiger partial charge in [-0.3, -0.25) is 0 Å². The summed E-state index contributed by atoms with van der Waals surface area (Å²) in [4.78, 5) is 0. The maximum Gasteiger partial charge on any atom is 0.0699 e. The van der Waals surface area contributed by atoms with E-state index in [1.165, 1.54) is 25.0 Å². The lowest BCUT2D eigenvalue weighted by Gasteiger charge is -2.23. The van der Waals surface area contributed by atoms with E-state index in [2.05, 4.69) is 18.5 Å². The normalized spacial score (nSPS) is 24.9. The Morgan fingerprint density at radius 3 is 3.00 bits per heavy atom. The van der Waals surface area contributed by atoms with E-state index < -0.39 is 0 Å². The summed E-state index contributed by atoms with van der Waals surface area (Å²) in [6, 6.07) is 0. The smallest absolute Gasteiger partial charge is 0.0699 e. The summed E-state index contributed by atoms with van der Waals surface area (Å²) < 4.78 is 5.65. The summed E-state index contributed by atoms with van der Waals surface area (Å²) in [7, 11) is 0. The number of rotatable bonds is 6. The molecular weight excluding hydrogens is 194 g/mol. The second-order valence-corrected chi connectivity index (χ2v) is 5.12. The molecule has 0 aliphatic carbocycles. The first-order chi connectivity index (χ1) is 6.83. The molecule has 84 valence electrons. The summed E-state index contributed by atoms with van der Waals surface area (Å²) in [6.45, 7) is 5.43. The Kier molecular flexibility index (Phi) is 6.65. The Morgan fingerprint density at radius 2 is 2.36 bits per heavy atom. The molecule has 1 aliphatic rings. The molecule has 0 bridgehead atoms. The van der Waals surface area contributed by atoms with E-state index in [-0.39, 0.29) is 0 Å². The third kappa shape index (κ3) is 5.23. The minimum absolute atomic E-state index is 0.477. The van der Waals surface area contributed by atoms with Gasteiger partial charge in [-0.1, -0.05) is 6.92 Å². The van der Waals surface area contributed by atoms with Gasteiger partial charge in [-0.25, -0.2) is 0 Å². The van der Waals surface area contributed by atoms with Crippen LogP contribution in [0.15, 0.2) is 0 Å². The highest BCUT2D eigenvalue weighted by Gasteiger charge is 2.13. The van der Waals surface area contributed by atoms with Crippen LogP contribution in [-0.4, -0.2) is 37.8 Å². The van der Waals surface area contributed by atoms with E-state index in [4.69, 9.17) is 4.74 Å². The van der Waals surface area contributed by atoms with Crippen molar-refractivity contribution in [3.05, 3.63) is 0 Å². The molecule has 2 unspecified atom stereocenters. The highest BCUT2D eigenvalue weighted by atomic mass is 32.2. The molecular formula is C11H23NOS. The first kappa shape index (κ1) is 12.3. The number of hydrogen-bond acceptors (Lipinski definition) is 3. The Hall–Kier alpha value is 0.270. The maximum absolute atomic E-state index is 5.65. The van der Waals surface area contributed by atoms with Crippen LogP contribution in [0.2, 0.25) is 0 Å². The molecule has 0 aromatic heterocycles. The molecule has 1 fully saturated rings. The third-order valence-electron chi connectivity index (χ3n) is 2.59. The Bertz CT molecular complexity index is 137. The van der Waals surface area contributed by atoms with Crippen molar-refractivity contribution in [2.75, 3.05) is 31.7 Å². The monoisotopic (exact) mass is 217 g/mol. The van der Waals surface area contributed by atoms with Crippen molar-refractivity contribution in [3.63, 3.8) is 0 Å². The summed E-state index contributed by atoms with van der Waals surface area (Å²) >= 11 is 1.92. The molecule has 0 saturated carbocycles. The van der Waals surface area contributed by atoms with Gasteiger partial charge in [0.25, 0.3) is 0 Å². The molecule has 0 aromatic rings. The van der Waals surface area contributed by atoms with Gasteiger partial charge in [0.1, 0.15) is 0 Å². The minimum atomic E-state index is 0.477. The van der Waals surface area contributed by atoms with Crippen LogP contribution in [0.1, 0.15) is 26.2 Å². The molecule has 2 atom stereocenters. The molecule has 3 heteroatoms. The summed E-state index contributed by atoms with van der Waals surface area (Å²) in [5.41, 5.74) is 0. The zero-order chi connectivity index (χ0) is 10.2. The van der Waals surface area contributed by atoms with E-state index in [0.717, 1.165) is 25.6 Å². The lowest BCUT2D eigenvalue weighted by Crippen LogP contribution is -2.34. The topological polar surface area (TPSA) is 21.3 Å². The Balaban J connectivity index is 1.96. The third-order valence-corrected chi connectivity index (χ3v) is 3.49. The minimum Gasteiger partial charge on any atom is -0.377 e. The Morgan fingerprint density at radius 1 is 1.50 bits per heavy atom. The lowest BCUT2D eigenvalue weighted by molar-refractivity contribution is 0.0167. The fraction of sp³-hybridized carbons (Fsp3) is 1.00. The number of hydrogen-bond donors (Lipinski definition) is 1. The molecule has 14 heavy (non-hydrogen) atoms. The van der Waals surface area contributed by atoms with Gasteiger partial charge in [-0.05, 0) is 43.7 Å². The maximum atomic E-state index is 5.65. The highest BCUT2D eigenvalue weighted by Crippen LogP contribution is 2.11. The van der Waals surface area contributed by atoms with Crippen LogP contribution in [0.5, 0.6) is 0 Å². The molecule has 1 N–H and O–H groups in total. The lowest BCUT2D eigenvalue weighted by atomic mass is 10.1. The van der Waals surface area contributed by atoms with Crippen LogP contribution in [0, 0.1) is 5.92 Å². The SMILES string of the molecule is CSCC(C)CNCC1CCCCO1. The number of nitrogens with one attached hydrogen (secondary N) is 1. The van der Waals surface area contributed by atoms with Crippen LogP contribution < -0.4 is 5.32 Å². The molecule has 1 rings (SSSR count). The molecule has 0 spiro atoms. The van der Waals surface area contributed by atoms with Crippen molar-refractivity contribution in [3.8, 4) is 0 Å². The van der Waals surface area contributed by atoms with Crippen molar-refractivity contribution < 1.29 is 4.74 Å². The van der Waals surface area contributed by atoms with Gasteiger partial charge in [-0.2, -0.15) is 11.8 Å². The van der Waals surface area contributed by atoms with E-state index >= 15 is 0 Å². The van der Waals surface area contributed by atoms with E-state index in [1.807, 2.05) is 11.8 Å². The molecule has 2 nitrogen and oxygen atoms in total. The van der Waals surface area contributed by atoms with E-state index in [0.29, 0.717) is 6.10 Å². The Labute approximate surface area is 92.2 Å². The fourth-order valence-electron chi connectivity index (χ4n) is 1.80. The fourth-order valence-corrected chi connectivity index (χ4v) is 2.49. The second kappa shape index (κ2) is 7.55. The largest absolute Gasteiger partial charge is 0.377 e. The predicted octanol–water partition coefficient (Wildman–Crippen LogP) is 2.14. The standard InChI is InChI=1S/C11H23NOS/c1-10(9-14-2)7-12-8-11-5-3-4-6-13-11/h10-12H,3-9H2,1-2H3. The van der Waals surface area contributed by atoms with Gasteiger partial charge < -0.3 is 10.1 Å². The quantitative estimate of drug-likeness (QED) is 0.736. The van der Waals surface area contributed by atoms with E-state index in [1.54, 1.807) is 0 Å². The zero-order valence-corrected chi connectivity index (χ0v) is 10.2. The van der Waals surface area contributed by atoms with Gasteiger partial charge in [0.15, 0.2) is 0 Å². The first-order valence-electron chi connectivity index (χ1n) is 5.64. The van der Waals surface area contributed by atoms with Crippen LogP contribution in [0.25, 0.3) is 0 Å². The number of ether oxygens (including phenoxy) is 1. The van der Waals surface area contributed by atoms with Gasteiger partial charge in [0, 0.05) is 13.2 Å². The van der Waals surface area contributed by atoms with Gasteiger partial charge >= 0.3 is 0 Å². The van der Waals surface area contributed by atoms with Gasteiger partial charge in [0.05, 0.1) is 6.10 Å². The first-order valence-corrected chi connectivity index (χ1v) is 7.03. The predicted molar refractivity (Wildman–Crippen MR) is 64.0 cm³/mol. The highest BCUT2D eigenvalue weighted by molar-refractivity contribution is 7.98.